The molecule has 0 aromatic rings. The predicted octanol–water partition coefficient (Wildman–Crippen LogP) is 0.496. The van der Waals surface area contributed by atoms with Crippen LogP contribution in [0.2, 0.25) is 0 Å². The van der Waals surface area contributed by atoms with Crippen LogP contribution in [-0.4, -0.2) is 35.9 Å². The summed E-state index contributed by atoms with van der Waals surface area (Å²) in [5.74, 6) is -1.35. The summed E-state index contributed by atoms with van der Waals surface area (Å²) in [4.78, 5) is 22.6. The molecule has 1 N–H and O–H groups in total. The molecule has 0 radical (unpaired) electrons. The minimum absolute atomic E-state index is 0.185. The van der Waals surface area contributed by atoms with Gasteiger partial charge in [-0.3, -0.25) is 9.59 Å². The summed E-state index contributed by atoms with van der Waals surface area (Å²) in [5.41, 5.74) is 0. The number of carboxylic acids is 1. The first-order valence-electron chi connectivity index (χ1n) is 3.59. The highest BCUT2D eigenvalue weighted by atomic mass is 16.4. The molecule has 0 spiro atoms. The molecule has 0 amide bonds. The molecule has 0 aromatic heterocycles. The molecule has 0 fully saturated rings. The fourth-order valence-electron chi connectivity index (χ4n) is 0.636. The van der Waals surface area contributed by atoms with Crippen molar-refractivity contribution in [3.63, 3.8) is 0 Å². The Labute approximate surface area is 71.5 Å². The van der Waals surface area contributed by atoms with E-state index in [9.17, 15) is 9.59 Å². The molecule has 4 heteroatoms. The monoisotopic (exact) mass is 171 g/mol. The Kier molecular flexibility index (Phi) is 4.76. The van der Waals surface area contributed by atoms with E-state index in [4.69, 9.17) is 5.11 Å². The van der Waals surface area contributed by atoms with Crippen molar-refractivity contribution in [1.29, 1.82) is 0 Å². The maximum atomic E-state index is 10.8. The minimum atomic E-state index is -1.07. The van der Waals surface area contributed by atoms with Crippen LogP contribution in [-0.2, 0) is 9.59 Å². The smallest absolute Gasteiger partial charge is 0.310 e. The van der Waals surface area contributed by atoms with Gasteiger partial charge in [0.25, 0.3) is 0 Å². The summed E-state index contributed by atoms with van der Waals surface area (Å²) in [6, 6.07) is 0. The number of nitrogens with zero attached hydrogens (tertiary/aromatic N) is 1. The first kappa shape index (κ1) is 10.7. The molecule has 0 unspecified atom stereocenters. The van der Waals surface area contributed by atoms with Gasteiger partial charge in [-0.25, -0.2) is 0 Å². The van der Waals surface area contributed by atoms with E-state index in [1.807, 2.05) is 14.1 Å². The molecule has 0 saturated heterocycles. The second kappa shape index (κ2) is 5.35. The molecule has 0 atom stereocenters. The van der Waals surface area contributed by atoms with Crippen molar-refractivity contribution < 1.29 is 14.7 Å². The second-order valence-electron chi connectivity index (χ2n) is 2.66. The summed E-state index contributed by atoms with van der Waals surface area (Å²) in [5, 5.41) is 8.24. The molecule has 0 bridgehead atoms. The van der Waals surface area contributed by atoms with Crippen LogP contribution in [0.5, 0.6) is 0 Å². The number of allylic oxidation sites excluding steroid dienone is 1. The lowest BCUT2D eigenvalue weighted by Gasteiger charge is -2.01. The molecule has 0 saturated carbocycles. The van der Waals surface area contributed by atoms with Crippen LogP contribution in [0.4, 0.5) is 0 Å². The molecular formula is C8H13NO3. The molecule has 0 aliphatic rings. The number of ketones is 1. The van der Waals surface area contributed by atoms with Crippen LogP contribution in [0.25, 0.3) is 0 Å². The van der Waals surface area contributed by atoms with E-state index in [-0.39, 0.29) is 12.2 Å². The van der Waals surface area contributed by atoms with Crippen molar-refractivity contribution in [1.82, 2.24) is 4.90 Å². The molecule has 0 rings (SSSR count). The molecule has 4 nitrogen and oxygen atoms in total. The van der Waals surface area contributed by atoms with Gasteiger partial charge >= 0.3 is 5.97 Å². The van der Waals surface area contributed by atoms with E-state index in [2.05, 4.69) is 0 Å². The number of hydrogen-bond acceptors (Lipinski definition) is 3. The normalized spacial score (nSPS) is 10.2. The summed E-state index contributed by atoms with van der Waals surface area (Å²) >= 11 is 0. The average molecular weight is 171 g/mol. The number of rotatable bonds is 5. The fraction of sp³-hybridized carbons (Fsp3) is 0.500. The maximum Gasteiger partial charge on any atom is 0.310 e. The van der Waals surface area contributed by atoms with Gasteiger partial charge < -0.3 is 10.0 Å². The van der Waals surface area contributed by atoms with Gasteiger partial charge in [0.1, 0.15) is 12.2 Å². The number of carbonyl (C=O) groups excluding carboxylic acids is 1. The molecule has 0 heterocycles. The van der Waals surface area contributed by atoms with E-state index in [1.54, 1.807) is 17.2 Å². The SMILES string of the molecule is CN(C)C=CCC(=O)CC(=O)O. The van der Waals surface area contributed by atoms with Crippen LogP contribution in [0.15, 0.2) is 12.3 Å². The maximum absolute atomic E-state index is 10.8. The van der Waals surface area contributed by atoms with Crippen molar-refractivity contribution in [3.05, 3.63) is 12.3 Å². The molecule has 12 heavy (non-hydrogen) atoms. The second-order valence-corrected chi connectivity index (χ2v) is 2.66. The molecule has 0 aliphatic heterocycles. The van der Waals surface area contributed by atoms with E-state index in [1.165, 1.54) is 0 Å². The van der Waals surface area contributed by atoms with Gasteiger partial charge in [0.15, 0.2) is 0 Å². The van der Waals surface area contributed by atoms with Gasteiger partial charge in [-0.2, -0.15) is 0 Å². The van der Waals surface area contributed by atoms with Crippen molar-refractivity contribution in [2.45, 2.75) is 12.8 Å². The summed E-state index contributed by atoms with van der Waals surface area (Å²) in [6.07, 6.45) is 3.16. The van der Waals surface area contributed by atoms with Crippen molar-refractivity contribution in [2.75, 3.05) is 14.1 Å². The van der Waals surface area contributed by atoms with Crippen LogP contribution >= 0.6 is 0 Å². The van der Waals surface area contributed by atoms with Gasteiger partial charge in [0, 0.05) is 20.5 Å². The third-order valence-electron chi connectivity index (χ3n) is 1.10. The van der Waals surface area contributed by atoms with E-state index < -0.39 is 12.4 Å². The van der Waals surface area contributed by atoms with Crippen molar-refractivity contribution >= 4 is 11.8 Å². The van der Waals surface area contributed by atoms with Crippen LogP contribution in [0.3, 0.4) is 0 Å². The Morgan fingerprint density at radius 1 is 1.42 bits per heavy atom. The standard InChI is InChI=1S/C8H13NO3/c1-9(2)5-3-4-7(10)6-8(11)12/h3,5H,4,6H2,1-2H3,(H,11,12). The van der Waals surface area contributed by atoms with Gasteiger partial charge in [0.05, 0.1) is 0 Å². The van der Waals surface area contributed by atoms with Crippen molar-refractivity contribution in [2.24, 2.45) is 0 Å². The first-order chi connectivity index (χ1) is 5.52. The highest BCUT2D eigenvalue weighted by Gasteiger charge is 2.04. The molecule has 0 aromatic carbocycles. The number of carboxylic acid groups (broad SMARTS) is 1. The third-order valence-corrected chi connectivity index (χ3v) is 1.10. The Bertz CT molecular complexity index is 196. The first-order valence-corrected chi connectivity index (χ1v) is 3.59. The fourth-order valence-corrected chi connectivity index (χ4v) is 0.636. The lowest BCUT2D eigenvalue weighted by molar-refractivity contribution is -0.140. The third kappa shape index (κ3) is 6.80. The lowest BCUT2D eigenvalue weighted by atomic mass is 10.2. The Balaban J connectivity index is 3.64. The largest absolute Gasteiger partial charge is 0.481 e. The van der Waals surface area contributed by atoms with Crippen LogP contribution < -0.4 is 0 Å². The van der Waals surface area contributed by atoms with Gasteiger partial charge in [-0.1, -0.05) is 6.08 Å². The average Bonchev–Trinajstić information content (AvgIpc) is 1.84. The molecule has 0 aliphatic carbocycles. The summed E-state index contributed by atoms with van der Waals surface area (Å²) in [7, 11) is 3.66. The number of aliphatic carboxylic acids is 1. The van der Waals surface area contributed by atoms with E-state index in [0.29, 0.717) is 0 Å². The lowest BCUT2D eigenvalue weighted by Crippen LogP contribution is -2.06. The zero-order valence-corrected chi connectivity index (χ0v) is 7.28. The molecule has 68 valence electrons. The highest BCUT2D eigenvalue weighted by Crippen LogP contribution is 1.92. The zero-order valence-electron chi connectivity index (χ0n) is 7.28. The zero-order chi connectivity index (χ0) is 9.56. The summed E-state index contributed by atoms with van der Waals surface area (Å²) in [6.45, 7) is 0. The highest BCUT2D eigenvalue weighted by molar-refractivity contribution is 5.95. The minimum Gasteiger partial charge on any atom is -0.481 e. The number of Topliss-reactive ketones (excluding diaryl/α,β-unsaturated/α-hetero) is 1. The topological polar surface area (TPSA) is 57.6 Å². The quantitative estimate of drug-likeness (QED) is 0.612. The van der Waals surface area contributed by atoms with Crippen LogP contribution in [0, 0.1) is 0 Å². The van der Waals surface area contributed by atoms with Crippen LogP contribution in [0.1, 0.15) is 12.8 Å². The van der Waals surface area contributed by atoms with Gasteiger partial charge in [-0.05, 0) is 6.20 Å². The number of hydrogen-bond donors (Lipinski definition) is 1. The van der Waals surface area contributed by atoms with E-state index in [0.717, 1.165) is 0 Å². The van der Waals surface area contributed by atoms with Gasteiger partial charge in [0.2, 0.25) is 0 Å². The molecular weight excluding hydrogens is 158 g/mol. The predicted molar refractivity (Wildman–Crippen MR) is 44.7 cm³/mol. The Morgan fingerprint density at radius 3 is 2.42 bits per heavy atom. The Hall–Kier alpha value is -1.32. The number of carbonyl (C=O) groups is 2. The summed E-state index contributed by atoms with van der Waals surface area (Å²) < 4.78 is 0. The van der Waals surface area contributed by atoms with Gasteiger partial charge in [-0.15, -0.1) is 0 Å². The van der Waals surface area contributed by atoms with E-state index >= 15 is 0 Å². The Morgan fingerprint density at radius 2 is 2.00 bits per heavy atom. The van der Waals surface area contributed by atoms with Crippen molar-refractivity contribution in [3.8, 4) is 0 Å².